The highest BCUT2D eigenvalue weighted by Crippen LogP contribution is 2.33. The standard InChI is InChI=1S/C19H21N5O2/c1-19(2)8-12-7-13(11-22-18(12)26-19)17(25)24-16-6-4-5-15(23-16)14(9-20)10-21-3/h4-7,9-11H,8,20H2,1-3H3,(H,23,24,25). The van der Waals surface area contributed by atoms with E-state index >= 15 is 0 Å². The van der Waals surface area contributed by atoms with E-state index in [1.807, 2.05) is 19.9 Å². The molecule has 0 saturated heterocycles. The number of nitrogens with one attached hydrogen (secondary N) is 1. The molecule has 0 unspecified atom stereocenters. The first-order valence-corrected chi connectivity index (χ1v) is 8.22. The summed E-state index contributed by atoms with van der Waals surface area (Å²) in [6.45, 7) is 3.98. The molecule has 1 aliphatic heterocycles. The van der Waals surface area contributed by atoms with E-state index in [-0.39, 0.29) is 11.5 Å². The molecule has 0 aromatic carbocycles. The highest BCUT2D eigenvalue weighted by atomic mass is 16.5. The zero-order valence-electron chi connectivity index (χ0n) is 15.0. The van der Waals surface area contributed by atoms with Crippen molar-refractivity contribution in [2.75, 3.05) is 12.4 Å². The Labute approximate surface area is 152 Å². The van der Waals surface area contributed by atoms with E-state index in [2.05, 4.69) is 20.3 Å². The fourth-order valence-electron chi connectivity index (χ4n) is 2.78. The number of rotatable bonds is 4. The molecular formula is C19H21N5O2. The van der Waals surface area contributed by atoms with Crippen molar-refractivity contribution in [1.29, 1.82) is 0 Å². The third-order valence-electron chi connectivity index (χ3n) is 3.91. The molecule has 0 spiro atoms. The molecule has 7 nitrogen and oxygen atoms in total. The van der Waals surface area contributed by atoms with Crippen molar-refractivity contribution in [3.63, 3.8) is 0 Å². The van der Waals surface area contributed by atoms with Crippen LogP contribution >= 0.6 is 0 Å². The van der Waals surface area contributed by atoms with Gasteiger partial charge in [0, 0.05) is 43.2 Å². The van der Waals surface area contributed by atoms with Crippen LogP contribution in [-0.2, 0) is 6.42 Å². The summed E-state index contributed by atoms with van der Waals surface area (Å²) in [6.07, 6.45) is 5.26. The summed E-state index contributed by atoms with van der Waals surface area (Å²) in [5.41, 5.74) is 7.99. The van der Waals surface area contributed by atoms with Gasteiger partial charge in [-0.3, -0.25) is 9.79 Å². The molecule has 3 N–H and O–H groups in total. The number of aromatic nitrogens is 2. The molecule has 3 heterocycles. The maximum absolute atomic E-state index is 12.6. The summed E-state index contributed by atoms with van der Waals surface area (Å²) < 4.78 is 5.74. The van der Waals surface area contributed by atoms with Gasteiger partial charge in [-0.15, -0.1) is 0 Å². The van der Waals surface area contributed by atoms with Gasteiger partial charge in [0.25, 0.3) is 5.91 Å². The van der Waals surface area contributed by atoms with E-state index in [1.165, 1.54) is 12.4 Å². The summed E-state index contributed by atoms with van der Waals surface area (Å²) in [7, 11) is 1.65. The molecule has 134 valence electrons. The largest absolute Gasteiger partial charge is 0.471 e. The van der Waals surface area contributed by atoms with Gasteiger partial charge in [0.1, 0.15) is 11.4 Å². The topological polar surface area (TPSA) is 102 Å². The molecule has 26 heavy (non-hydrogen) atoms. The van der Waals surface area contributed by atoms with Crippen LogP contribution in [0.25, 0.3) is 5.57 Å². The monoisotopic (exact) mass is 351 g/mol. The average molecular weight is 351 g/mol. The molecule has 1 aliphatic rings. The molecule has 0 aliphatic carbocycles. The predicted molar refractivity (Wildman–Crippen MR) is 101 cm³/mol. The van der Waals surface area contributed by atoms with Crippen molar-refractivity contribution in [2.24, 2.45) is 10.7 Å². The summed E-state index contributed by atoms with van der Waals surface area (Å²) in [4.78, 5) is 25.2. The lowest BCUT2D eigenvalue weighted by molar-refractivity contribution is 0.102. The molecule has 0 atom stereocenters. The van der Waals surface area contributed by atoms with Crippen molar-refractivity contribution in [3.8, 4) is 5.88 Å². The van der Waals surface area contributed by atoms with Gasteiger partial charge in [0.15, 0.2) is 0 Å². The fourth-order valence-corrected chi connectivity index (χ4v) is 2.78. The van der Waals surface area contributed by atoms with Gasteiger partial charge < -0.3 is 15.8 Å². The van der Waals surface area contributed by atoms with Crippen molar-refractivity contribution in [3.05, 3.63) is 53.5 Å². The lowest BCUT2D eigenvalue weighted by atomic mass is 10.0. The van der Waals surface area contributed by atoms with Crippen molar-refractivity contribution in [2.45, 2.75) is 25.9 Å². The Hall–Kier alpha value is -3.22. The number of nitrogens with two attached hydrogens (primary N) is 1. The number of aliphatic imine (C=N–C) groups is 1. The number of allylic oxidation sites excluding steroid dienone is 1. The molecular weight excluding hydrogens is 330 g/mol. The second-order valence-electron chi connectivity index (χ2n) is 6.60. The van der Waals surface area contributed by atoms with Crippen LogP contribution in [0.2, 0.25) is 0 Å². The lowest BCUT2D eigenvalue weighted by Gasteiger charge is -2.15. The Morgan fingerprint density at radius 1 is 1.42 bits per heavy atom. The normalized spacial score (nSPS) is 15.6. The number of fused-ring (bicyclic) bond motifs is 1. The summed E-state index contributed by atoms with van der Waals surface area (Å²) >= 11 is 0. The Morgan fingerprint density at radius 3 is 2.96 bits per heavy atom. The Kier molecular flexibility index (Phi) is 4.71. The minimum absolute atomic E-state index is 0.280. The van der Waals surface area contributed by atoms with E-state index in [1.54, 1.807) is 31.5 Å². The molecule has 0 radical (unpaired) electrons. The average Bonchev–Trinajstić information content (AvgIpc) is 2.92. The van der Waals surface area contributed by atoms with Crippen LogP contribution in [0.3, 0.4) is 0 Å². The van der Waals surface area contributed by atoms with E-state index < -0.39 is 0 Å². The van der Waals surface area contributed by atoms with Gasteiger partial charge in [-0.2, -0.15) is 0 Å². The van der Waals surface area contributed by atoms with Crippen molar-refractivity contribution in [1.82, 2.24) is 9.97 Å². The van der Waals surface area contributed by atoms with Gasteiger partial charge >= 0.3 is 0 Å². The molecule has 2 aromatic rings. The van der Waals surface area contributed by atoms with Crippen LogP contribution in [0.15, 0.2) is 41.7 Å². The first kappa shape index (κ1) is 17.6. The van der Waals surface area contributed by atoms with Crippen molar-refractivity contribution < 1.29 is 9.53 Å². The van der Waals surface area contributed by atoms with Crippen LogP contribution in [0.1, 0.15) is 35.5 Å². The number of nitrogens with zero attached hydrogens (tertiary/aromatic N) is 3. The molecule has 2 aromatic heterocycles. The third kappa shape index (κ3) is 3.72. The van der Waals surface area contributed by atoms with Crippen LogP contribution in [0.5, 0.6) is 5.88 Å². The molecule has 0 saturated carbocycles. The van der Waals surface area contributed by atoms with Crippen molar-refractivity contribution >= 4 is 23.5 Å². The fraction of sp³-hybridized carbons (Fsp3) is 0.263. The highest BCUT2D eigenvalue weighted by Gasteiger charge is 2.31. The van der Waals surface area contributed by atoms with Gasteiger partial charge in [-0.1, -0.05) is 6.07 Å². The summed E-state index contributed by atoms with van der Waals surface area (Å²) in [6, 6.07) is 7.12. The van der Waals surface area contributed by atoms with E-state index in [4.69, 9.17) is 10.5 Å². The van der Waals surface area contributed by atoms with Crippen LogP contribution in [0, 0.1) is 0 Å². The predicted octanol–water partition coefficient (Wildman–Crippen LogP) is 2.44. The lowest BCUT2D eigenvalue weighted by Crippen LogP contribution is -2.24. The Bertz CT molecular complexity index is 903. The first-order valence-electron chi connectivity index (χ1n) is 8.22. The Balaban J connectivity index is 1.79. The zero-order chi connectivity index (χ0) is 18.7. The smallest absolute Gasteiger partial charge is 0.258 e. The molecule has 3 rings (SSSR count). The number of amides is 1. The molecule has 0 bridgehead atoms. The summed E-state index contributed by atoms with van der Waals surface area (Å²) in [5.74, 6) is 0.730. The number of hydrogen-bond acceptors (Lipinski definition) is 6. The zero-order valence-corrected chi connectivity index (χ0v) is 15.0. The maximum Gasteiger partial charge on any atom is 0.258 e. The van der Waals surface area contributed by atoms with Crippen LogP contribution in [-0.4, -0.2) is 34.7 Å². The van der Waals surface area contributed by atoms with Gasteiger partial charge in [-0.25, -0.2) is 9.97 Å². The number of hydrogen-bond donors (Lipinski definition) is 2. The second-order valence-corrected chi connectivity index (χ2v) is 6.60. The SMILES string of the molecule is CN=CC(=CN)c1cccc(NC(=O)c2cnc3c(c2)CC(C)(C)O3)n1. The molecule has 7 heteroatoms. The van der Waals surface area contributed by atoms with E-state index in [0.29, 0.717) is 34.9 Å². The Morgan fingerprint density at radius 2 is 2.23 bits per heavy atom. The second kappa shape index (κ2) is 6.95. The van der Waals surface area contributed by atoms with Crippen LogP contribution in [0.4, 0.5) is 5.82 Å². The first-order chi connectivity index (χ1) is 12.4. The highest BCUT2D eigenvalue weighted by molar-refractivity contribution is 6.09. The quantitative estimate of drug-likeness (QED) is 0.824. The number of carbonyl (C=O) groups excluding carboxylic acids is 1. The number of ether oxygens (including phenoxy) is 1. The number of anilines is 1. The van der Waals surface area contributed by atoms with E-state index in [0.717, 1.165) is 5.56 Å². The third-order valence-corrected chi connectivity index (χ3v) is 3.91. The number of pyridine rings is 2. The minimum Gasteiger partial charge on any atom is -0.471 e. The maximum atomic E-state index is 12.6. The molecule has 1 amide bonds. The van der Waals surface area contributed by atoms with Gasteiger partial charge in [-0.05, 0) is 32.0 Å². The molecule has 0 fully saturated rings. The van der Waals surface area contributed by atoms with E-state index in [9.17, 15) is 4.79 Å². The van der Waals surface area contributed by atoms with Crippen LogP contribution < -0.4 is 15.8 Å². The van der Waals surface area contributed by atoms with Gasteiger partial charge in [0.05, 0.1) is 11.3 Å². The minimum atomic E-state index is -0.299. The summed E-state index contributed by atoms with van der Waals surface area (Å²) in [5, 5.41) is 2.79. The van der Waals surface area contributed by atoms with Gasteiger partial charge in [0.2, 0.25) is 5.88 Å². The number of carbonyl (C=O) groups is 1.